The zero-order chi connectivity index (χ0) is 27.1. The molecule has 0 saturated heterocycles. The Kier molecular flexibility index (Phi) is 8.98. The lowest BCUT2D eigenvalue weighted by Crippen LogP contribution is -2.38. The first-order valence-electron chi connectivity index (χ1n) is 13.1. The lowest BCUT2D eigenvalue weighted by Gasteiger charge is -2.26. The van der Waals surface area contributed by atoms with Crippen molar-refractivity contribution in [2.24, 2.45) is 5.92 Å². The molecule has 7 heteroatoms. The maximum Gasteiger partial charge on any atom is 0.252 e. The number of fused-ring (bicyclic) bond motifs is 1. The van der Waals surface area contributed by atoms with Crippen LogP contribution in [0.15, 0.2) is 91.1 Å². The van der Waals surface area contributed by atoms with E-state index >= 15 is 0 Å². The highest BCUT2D eigenvalue weighted by Gasteiger charge is 2.36. The van der Waals surface area contributed by atoms with Gasteiger partial charge in [0, 0.05) is 47.9 Å². The molecule has 38 heavy (non-hydrogen) atoms. The summed E-state index contributed by atoms with van der Waals surface area (Å²) >= 11 is 0. The van der Waals surface area contributed by atoms with Crippen molar-refractivity contribution in [3.05, 3.63) is 108 Å². The van der Waals surface area contributed by atoms with Gasteiger partial charge in [-0.15, -0.1) is 0 Å². The summed E-state index contributed by atoms with van der Waals surface area (Å²) in [5.74, 6) is -2.32. The molecule has 0 aliphatic heterocycles. The molecule has 0 radical (unpaired) electrons. The smallest absolute Gasteiger partial charge is 0.252 e. The van der Waals surface area contributed by atoms with E-state index in [9.17, 15) is 19.0 Å². The number of rotatable bonds is 12. The maximum atomic E-state index is 13.8. The molecule has 4 rings (SSSR count). The Morgan fingerprint density at radius 3 is 2.32 bits per heavy atom. The predicted octanol–water partition coefficient (Wildman–Crippen LogP) is 6.53. The van der Waals surface area contributed by atoms with Crippen molar-refractivity contribution in [2.45, 2.75) is 45.4 Å². The standard InChI is InChI=1S/C31H35N2O4P/c1-3-4-18-33-19-17-25-15-16-27(21-28(25)33)31(35)32-29(20-24-11-7-5-8-12-24)38(36,37)22-23(2)30(34)26-13-9-6-10-14-26/h5-17,19,21,23,29H,3-4,18,20,22H2,1-2H3,(H,32,35)(H,36,37)/t23?,29-/m1/s1. The van der Waals surface area contributed by atoms with Crippen molar-refractivity contribution >= 4 is 30.0 Å². The van der Waals surface area contributed by atoms with Crippen LogP contribution in [0, 0.1) is 5.92 Å². The lowest BCUT2D eigenvalue weighted by molar-refractivity contribution is 0.0939. The second-order valence-electron chi connectivity index (χ2n) is 9.88. The molecule has 1 heterocycles. The molecule has 1 amide bonds. The quantitative estimate of drug-likeness (QED) is 0.161. The van der Waals surface area contributed by atoms with E-state index in [1.807, 2.05) is 60.8 Å². The van der Waals surface area contributed by atoms with Crippen molar-refractivity contribution in [3.63, 3.8) is 0 Å². The highest BCUT2D eigenvalue weighted by molar-refractivity contribution is 7.58. The van der Waals surface area contributed by atoms with Gasteiger partial charge in [0.15, 0.2) is 5.78 Å². The van der Waals surface area contributed by atoms with E-state index in [1.165, 1.54) is 0 Å². The first-order chi connectivity index (χ1) is 18.3. The van der Waals surface area contributed by atoms with Gasteiger partial charge in [-0.3, -0.25) is 14.2 Å². The Hall–Kier alpha value is -3.47. The van der Waals surface area contributed by atoms with E-state index < -0.39 is 25.0 Å². The minimum atomic E-state index is -3.99. The normalized spacial score (nSPS) is 14.5. The minimum Gasteiger partial charge on any atom is -0.347 e. The summed E-state index contributed by atoms with van der Waals surface area (Å²) in [6.45, 7) is 4.66. The highest BCUT2D eigenvalue weighted by atomic mass is 31.2. The van der Waals surface area contributed by atoms with E-state index in [1.54, 1.807) is 37.3 Å². The number of aryl methyl sites for hydroxylation is 1. The molecule has 0 fully saturated rings. The fraction of sp³-hybridized carbons (Fsp3) is 0.290. The predicted molar refractivity (Wildman–Crippen MR) is 153 cm³/mol. The van der Waals surface area contributed by atoms with Gasteiger partial charge in [0.25, 0.3) is 5.91 Å². The van der Waals surface area contributed by atoms with Gasteiger partial charge in [-0.25, -0.2) is 0 Å². The second-order valence-corrected chi connectivity index (χ2v) is 12.4. The zero-order valence-corrected chi connectivity index (χ0v) is 22.8. The van der Waals surface area contributed by atoms with Gasteiger partial charge >= 0.3 is 0 Å². The Labute approximate surface area is 224 Å². The van der Waals surface area contributed by atoms with E-state index in [2.05, 4.69) is 16.8 Å². The molecule has 0 saturated carbocycles. The summed E-state index contributed by atoms with van der Waals surface area (Å²) in [5, 5.41) is 3.89. The summed E-state index contributed by atoms with van der Waals surface area (Å²) in [6, 6.07) is 25.6. The van der Waals surface area contributed by atoms with E-state index in [0.717, 1.165) is 35.9 Å². The molecular weight excluding hydrogens is 495 g/mol. The van der Waals surface area contributed by atoms with Crippen LogP contribution >= 0.6 is 7.37 Å². The minimum absolute atomic E-state index is 0.182. The van der Waals surface area contributed by atoms with Gasteiger partial charge in [-0.2, -0.15) is 0 Å². The van der Waals surface area contributed by atoms with Crippen LogP contribution in [0.4, 0.5) is 0 Å². The molecule has 6 nitrogen and oxygen atoms in total. The number of Topliss-reactive ketones (excluding diaryl/α,β-unsaturated/α-hetero) is 1. The molecule has 198 valence electrons. The second kappa shape index (κ2) is 12.4. The van der Waals surface area contributed by atoms with E-state index in [-0.39, 0.29) is 18.4 Å². The van der Waals surface area contributed by atoms with Crippen molar-refractivity contribution < 1.29 is 19.0 Å². The number of hydrogen-bond acceptors (Lipinski definition) is 3. The van der Waals surface area contributed by atoms with Gasteiger partial charge in [0.05, 0.1) is 0 Å². The van der Waals surface area contributed by atoms with Crippen molar-refractivity contribution in [2.75, 3.05) is 6.16 Å². The molecule has 0 aliphatic rings. The van der Waals surface area contributed by atoms with Gasteiger partial charge in [0.1, 0.15) is 5.78 Å². The van der Waals surface area contributed by atoms with Crippen LogP contribution in [-0.2, 0) is 17.5 Å². The molecule has 0 aliphatic carbocycles. The maximum absolute atomic E-state index is 13.8. The fourth-order valence-electron chi connectivity index (χ4n) is 4.70. The fourth-order valence-corrected chi connectivity index (χ4v) is 6.72. The number of carbonyl (C=O) groups is 2. The Balaban J connectivity index is 1.57. The van der Waals surface area contributed by atoms with Crippen LogP contribution in [0.1, 0.15) is 53.0 Å². The Morgan fingerprint density at radius 1 is 0.947 bits per heavy atom. The molecule has 2 N–H and O–H groups in total. The Morgan fingerprint density at radius 2 is 1.63 bits per heavy atom. The van der Waals surface area contributed by atoms with Crippen LogP contribution in [0.25, 0.3) is 10.9 Å². The van der Waals surface area contributed by atoms with Gasteiger partial charge < -0.3 is 14.8 Å². The molecule has 2 unspecified atom stereocenters. The molecular formula is C31H35N2O4P. The number of hydrogen-bond donors (Lipinski definition) is 2. The first-order valence-corrected chi connectivity index (χ1v) is 15.0. The number of nitrogens with one attached hydrogen (secondary N) is 1. The largest absolute Gasteiger partial charge is 0.347 e. The molecule has 0 spiro atoms. The summed E-state index contributed by atoms with van der Waals surface area (Å²) in [7, 11) is -3.99. The topological polar surface area (TPSA) is 88.4 Å². The van der Waals surface area contributed by atoms with E-state index in [4.69, 9.17) is 0 Å². The summed E-state index contributed by atoms with van der Waals surface area (Å²) in [4.78, 5) is 37.6. The molecule has 0 bridgehead atoms. The number of aromatic nitrogens is 1. The van der Waals surface area contributed by atoms with Crippen LogP contribution in [-0.4, -0.2) is 33.1 Å². The molecule has 1 aromatic heterocycles. The lowest BCUT2D eigenvalue weighted by atomic mass is 10.0. The number of carbonyl (C=O) groups excluding carboxylic acids is 2. The Bertz CT molecular complexity index is 1430. The third-order valence-corrected chi connectivity index (χ3v) is 9.24. The number of amides is 1. The summed E-state index contributed by atoms with van der Waals surface area (Å²) in [6.07, 6.45) is 4.08. The average Bonchev–Trinajstić information content (AvgIpc) is 3.34. The molecule has 3 atom stereocenters. The van der Waals surface area contributed by atoms with Crippen LogP contribution in [0.3, 0.4) is 0 Å². The van der Waals surface area contributed by atoms with Crippen LogP contribution in [0.5, 0.6) is 0 Å². The van der Waals surface area contributed by atoms with Crippen molar-refractivity contribution in [1.29, 1.82) is 0 Å². The highest BCUT2D eigenvalue weighted by Crippen LogP contribution is 2.48. The monoisotopic (exact) mass is 530 g/mol. The molecule has 4 aromatic rings. The summed E-state index contributed by atoms with van der Waals surface area (Å²) < 4.78 is 15.9. The molecule has 3 aromatic carbocycles. The number of unbranched alkanes of at least 4 members (excludes halogenated alkanes) is 1. The van der Waals surface area contributed by atoms with Crippen molar-refractivity contribution in [1.82, 2.24) is 9.88 Å². The van der Waals surface area contributed by atoms with Crippen LogP contribution < -0.4 is 5.32 Å². The first kappa shape index (κ1) is 27.6. The third-order valence-electron chi connectivity index (χ3n) is 6.89. The number of benzene rings is 3. The van der Waals surface area contributed by atoms with Crippen LogP contribution in [0.2, 0.25) is 0 Å². The number of ketones is 1. The number of nitrogens with zero attached hydrogens (tertiary/aromatic N) is 1. The average molecular weight is 531 g/mol. The third kappa shape index (κ3) is 6.69. The SMILES string of the molecule is CCCCn1ccc2ccc(C(=O)N[C@@H](Cc3ccccc3)P(=O)(O)CC(C)C(=O)c3ccccc3)cc21. The van der Waals surface area contributed by atoms with E-state index in [0.29, 0.717) is 11.1 Å². The van der Waals surface area contributed by atoms with Crippen molar-refractivity contribution in [3.8, 4) is 0 Å². The van der Waals surface area contributed by atoms with Gasteiger partial charge in [-0.1, -0.05) is 87.0 Å². The van der Waals surface area contributed by atoms with Gasteiger partial charge in [-0.05, 0) is 35.6 Å². The summed E-state index contributed by atoms with van der Waals surface area (Å²) in [5.41, 5.74) is 2.72. The van der Waals surface area contributed by atoms with Gasteiger partial charge in [0.2, 0.25) is 7.37 Å². The zero-order valence-electron chi connectivity index (χ0n) is 21.9.